The van der Waals surface area contributed by atoms with Crippen molar-refractivity contribution < 1.29 is 9.90 Å². The molecule has 2 saturated heterocycles. The highest BCUT2D eigenvalue weighted by atomic mass is 16.3. The zero-order valence-electron chi connectivity index (χ0n) is 18.8. The Hall–Kier alpha value is -3.03. The van der Waals surface area contributed by atoms with Crippen LogP contribution in [0.3, 0.4) is 0 Å². The molecule has 2 aliphatic rings. The minimum atomic E-state index is -0.541. The van der Waals surface area contributed by atoms with Gasteiger partial charge in [-0.05, 0) is 61.9 Å². The Kier molecular flexibility index (Phi) is 6.51. The first-order valence-corrected chi connectivity index (χ1v) is 11.9. The van der Waals surface area contributed by atoms with Gasteiger partial charge >= 0.3 is 0 Å². The molecule has 0 radical (unpaired) electrons. The van der Waals surface area contributed by atoms with Crippen molar-refractivity contribution in [1.29, 1.82) is 0 Å². The van der Waals surface area contributed by atoms with Crippen LogP contribution in [-0.4, -0.2) is 55.9 Å². The van der Waals surface area contributed by atoms with Crippen molar-refractivity contribution in [2.45, 2.75) is 56.3 Å². The number of aliphatic hydroxyl groups excluding tert-OH is 1. The summed E-state index contributed by atoms with van der Waals surface area (Å²) >= 11 is 0. The molecule has 1 aromatic carbocycles. The van der Waals surface area contributed by atoms with Gasteiger partial charge in [-0.15, -0.1) is 0 Å². The monoisotopic (exact) mass is 445 g/mol. The number of carbonyl (C=O) groups excluding carboxylic acids is 1. The molecule has 2 aromatic heterocycles. The fourth-order valence-corrected chi connectivity index (χ4v) is 5.12. The summed E-state index contributed by atoms with van der Waals surface area (Å²) in [6, 6.07) is 14.5. The molecule has 1 amide bonds. The van der Waals surface area contributed by atoms with Gasteiger partial charge in [-0.1, -0.05) is 18.2 Å². The molecular formula is C26H31N5O2. The second-order valence-corrected chi connectivity index (χ2v) is 9.19. The number of nitrogens with zero attached hydrogens (tertiary/aromatic N) is 4. The van der Waals surface area contributed by atoms with Gasteiger partial charge in [-0.25, -0.2) is 0 Å². The van der Waals surface area contributed by atoms with Gasteiger partial charge in [0.1, 0.15) is 0 Å². The third-order valence-electron chi connectivity index (χ3n) is 7.02. The van der Waals surface area contributed by atoms with E-state index in [-0.39, 0.29) is 11.9 Å². The molecule has 7 nitrogen and oxygen atoms in total. The Morgan fingerprint density at radius 3 is 2.58 bits per heavy atom. The van der Waals surface area contributed by atoms with Gasteiger partial charge in [-0.2, -0.15) is 5.10 Å². The normalized spacial score (nSPS) is 22.4. The summed E-state index contributed by atoms with van der Waals surface area (Å²) in [5, 5.41) is 18.6. The van der Waals surface area contributed by atoms with Crippen LogP contribution in [0.15, 0.2) is 67.3 Å². The SMILES string of the molecule is O=C(c1ccc(C[C@H]2CC[C@H](C(O)c3cccnc3)N2)cc1)N1CCC(n2cccn2)CC1. The average molecular weight is 446 g/mol. The first-order chi connectivity index (χ1) is 16.2. The highest BCUT2D eigenvalue weighted by molar-refractivity contribution is 5.94. The van der Waals surface area contributed by atoms with Crippen LogP contribution in [0.25, 0.3) is 0 Å². The fourth-order valence-electron chi connectivity index (χ4n) is 5.12. The molecule has 2 aliphatic heterocycles. The van der Waals surface area contributed by atoms with Crippen molar-refractivity contribution in [2.24, 2.45) is 0 Å². The molecule has 0 bridgehead atoms. The summed E-state index contributed by atoms with van der Waals surface area (Å²) in [5.41, 5.74) is 2.81. The van der Waals surface area contributed by atoms with Crippen LogP contribution in [0.1, 0.15) is 59.3 Å². The Bertz CT molecular complexity index is 1030. The minimum absolute atomic E-state index is 0.0460. The lowest BCUT2D eigenvalue weighted by atomic mass is 10.0. The summed E-state index contributed by atoms with van der Waals surface area (Å²) < 4.78 is 2.01. The number of pyridine rings is 1. The van der Waals surface area contributed by atoms with Gasteiger partial charge in [0.05, 0.1) is 12.1 Å². The van der Waals surface area contributed by atoms with E-state index in [1.807, 2.05) is 52.3 Å². The molecule has 0 spiro atoms. The number of hydrogen-bond donors (Lipinski definition) is 2. The van der Waals surface area contributed by atoms with E-state index in [1.54, 1.807) is 12.4 Å². The van der Waals surface area contributed by atoms with E-state index in [9.17, 15) is 9.90 Å². The lowest BCUT2D eigenvalue weighted by Crippen LogP contribution is -2.39. The van der Waals surface area contributed by atoms with Gasteiger partial charge < -0.3 is 15.3 Å². The molecule has 3 atom stereocenters. The zero-order valence-corrected chi connectivity index (χ0v) is 18.8. The second-order valence-electron chi connectivity index (χ2n) is 9.19. The van der Waals surface area contributed by atoms with Crippen LogP contribution >= 0.6 is 0 Å². The lowest BCUT2D eigenvalue weighted by molar-refractivity contribution is 0.0690. The lowest BCUT2D eigenvalue weighted by Gasteiger charge is -2.32. The molecule has 172 valence electrons. The van der Waals surface area contributed by atoms with Crippen molar-refractivity contribution in [2.75, 3.05) is 13.1 Å². The molecule has 1 unspecified atom stereocenters. The highest BCUT2D eigenvalue weighted by Gasteiger charge is 2.30. The number of aliphatic hydroxyl groups is 1. The Balaban J connectivity index is 1.12. The summed E-state index contributed by atoms with van der Waals surface area (Å²) in [4.78, 5) is 19.0. The molecule has 5 rings (SSSR count). The first-order valence-electron chi connectivity index (χ1n) is 11.9. The van der Waals surface area contributed by atoms with Gasteiger partial charge in [0.15, 0.2) is 0 Å². The number of carbonyl (C=O) groups is 1. The predicted molar refractivity (Wildman–Crippen MR) is 126 cm³/mol. The van der Waals surface area contributed by atoms with E-state index < -0.39 is 6.10 Å². The van der Waals surface area contributed by atoms with Crippen molar-refractivity contribution in [1.82, 2.24) is 25.0 Å². The maximum atomic E-state index is 13.0. The molecule has 2 N–H and O–H groups in total. The topological polar surface area (TPSA) is 83.3 Å². The smallest absolute Gasteiger partial charge is 0.253 e. The van der Waals surface area contributed by atoms with E-state index in [1.165, 1.54) is 5.56 Å². The van der Waals surface area contributed by atoms with Crippen LogP contribution in [0.2, 0.25) is 0 Å². The zero-order chi connectivity index (χ0) is 22.6. The molecule has 0 saturated carbocycles. The number of hydrogen-bond acceptors (Lipinski definition) is 5. The maximum Gasteiger partial charge on any atom is 0.253 e. The molecule has 0 aliphatic carbocycles. The van der Waals surface area contributed by atoms with Crippen LogP contribution in [0.5, 0.6) is 0 Å². The van der Waals surface area contributed by atoms with E-state index >= 15 is 0 Å². The van der Waals surface area contributed by atoms with Crippen molar-refractivity contribution in [3.63, 3.8) is 0 Å². The number of nitrogens with one attached hydrogen (secondary N) is 1. The standard InChI is InChI=1S/C26H31N5O2/c32-25(21-3-1-12-27-18-21)24-9-8-22(29-24)17-19-4-6-20(7-5-19)26(33)30-15-10-23(11-16-30)31-14-2-13-28-31/h1-7,12-14,18,22-25,29,32H,8-11,15-17H2/t22-,24-,25?/m1/s1. The van der Waals surface area contributed by atoms with Gasteiger partial charge in [-0.3, -0.25) is 14.5 Å². The number of benzene rings is 1. The fraction of sp³-hybridized carbons (Fsp3) is 0.423. The van der Waals surface area contributed by atoms with E-state index in [0.717, 1.165) is 56.3 Å². The molecule has 2 fully saturated rings. The summed E-state index contributed by atoms with van der Waals surface area (Å²) in [7, 11) is 0. The summed E-state index contributed by atoms with van der Waals surface area (Å²) in [6.45, 7) is 1.52. The van der Waals surface area contributed by atoms with Crippen molar-refractivity contribution in [3.8, 4) is 0 Å². The number of likely N-dealkylation sites (tertiary alicyclic amines) is 1. The predicted octanol–water partition coefficient (Wildman–Crippen LogP) is 3.15. The third-order valence-corrected chi connectivity index (χ3v) is 7.02. The quantitative estimate of drug-likeness (QED) is 0.609. The molecular weight excluding hydrogens is 414 g/mol. The first kappa shape index (κ1) is 21.8. The molecule has 3 aromatic rings. The Labute approximate surface area is 194 Å². The van der Waals surface area contributed by atoms with Crippen LogP contribution in [-0.2, 0) is 6.42 Å². The van der Waals surface area contributed by atoms with Gasteiger partial charge in [0, 0.05) is 61.1 Å². The van der Waals surface area contributed by atoms with Gasteiger partial charge in [0.25, 0.3) is 5.91 Å². The number of rotatable bonds is 6. The number of aromatic nitrogens is 3. The van der Waals surface area contributed by atoms with Crippen LogP contribution < -0.4 is 5.32 Å². The van der Waals surface area contributed by atoms with Crippen LogP contribution in [0, 0.1) is 0 Å². The summed E-state index contributed by atoms with van der Waals surface area (Å²) in [6.07, 6.45) is 11.4. The number of amides is 1. The highest BCUT2D eigenvalue weighted by Crippen LogP contribution is 2.27. The van der Waals surface area contributed by atoms with Crippen molar-refractivity contribution in [3.05, 3.63) is 83.9 Å². The summed E-state index contributed by atoms with van der Waals surface area (Å²) in [5.74, 6) is 0.110. The Morgan fingerprint density at radius 1 is 1.06 bits per heavy atom. The third kappa shape index (κ3) is 4.99. The second kappa shape index (κ2) is 9.85. The van der Waals surface area contributed by atoms with E-state index in [0.29, 0.717) is 12.1 Å². The van der Waals surface area contributed by atoms with E-state index in [2.05, 4.69) is 27.5 Å². The largest absolute Gasteiger partial charge is 0.387 e. The van der Waals surface area contributed by atoms with Crippen LogP contribution in [0.4, 0.5) is 0 Å². The average Bonchev–Trinajstić information content (AvgIpc) is 3.57. The Morgan fingerprint density at radius 2 is 1.88 bits per heavy atom. The van der Waals surface area contributed by atoms with Crippen molar-refractivity contribution >= 4 is 5.91 Å². The molecule has 4 heterocycles. The maximum absolute atomic E-state index is 13.0. The minimum Gasteiger partial charge on any atom is -0.387 e. The molecule has 7 heteroatoms. The molecule has 33 heavy (non-hydrogen) atoms. The van der Waals surface area contributed by atoms with E-state index in [4.69, 9.17) is 0 Å². The number of piperidine rings is 1. The van der Waals surface area contributed by atoms with Gasteiger partial charge in [0.2, 0.25) is 0 Å².